The number of nitrogens with zero attached hydrogens (tertiary/aromatic N) is 2. The highest BCUT2D eigenvalue weighted by molar-refractivity contribution is 8.15. The predicted octanol–water partition coefficient (Wildman–Crippen LogP) is 2.65. The van der Waals surface area contributed by atoms with E-state index in [0.29, 0.717) is 18.3 Å². The van der Waals surface area contributed by atoms with E-state index >= 15 is 0 Å². The molecule has 29 heavy (non-hydrogen) atoms. The van der Waals surface area contributed by atoms with Crippen LogP contribution in [0.5, 0.6) is 0 Å². The van der Waals surface area contributed by atoms with Crippen LogP contribution in [0.25, 0.3) is 0 Å². The van der Waals surface area contributed by atoms with E-state index in [1.54, 1.807) is 5.32 Å². The van der Waals surface area contributed by atoms with Crippen molar-refractivity contribution in [2.24, 2.45) is 4.99 Å². The van der Waals surface area contributed by atoms with Crippen molar-refractivity contribution in [2.45, 2.75) is 31.7 Å². The maximum Gasteiger partial charge on any atom is 0.405 e. The summed E-state index contributed by atoms with van der Waals surface area (Å²) in [6, 6.07) is 5.54. The predicted molar refractivity (Wildman–Crippen MR) is 105 cm³/mol. The quantitative estimate of drug-likeness (QED) is 0.694. The fourth-order valence-corrected chi connectivity index (χ4v) is 3.73. The molecular formula is C18H21F3N4O3S. The molecule has 0 radical (unpaired) electrons. The Balaban J connectivity index is 1.93. The first-order valence-electron chi connectivity index (χ1n) is 8.92. The Morgan fingerprint density at radius 3 is 2.55 bits per heavy atom. The topological polar surface area (TPSA) is 90.9 Å². The van der Waals surface area contributed by atoms with Crippen molar-refractivity contribution in [3.05, 3.63) is 29.8 Å². The standard InChI is InChI=1S/C18H21F3N4O3S/c1-3-25(4-2)17-24-16(28)13(29-17)9-14(26)23-12-7-5-6-11(8-12)15(27)22-10-18(19,20)21/h5-8,13H,3-4,9-10H2,1-2H3,(H,22,27)(H,23,26)/t13-/m1/s1. The second kappa shape index (κ2) is 9.77. The molecule has 1 aliphatic rings. The van der Waals surface area contributed by atoms with Gasteiger partial charge in [-0.25, -0.2) is 0 Å². The number of benzene rings is 1. The summed E-state index contributed by atoms with van der Waals surface area (Å²) in [5.74, 6) is -1.75. The van der Waals surface area contributed by atoms with Crippen LogP contribution >= 0.6 is 11.8 Å². The van der Waals surface area contributed by atoms with Crippen molar-refractivity contribution in [1.29, 1.82) is 0 Å². The monoisotopic (exact) mass is 430 g/mol. The molecule has 1 aromatic carbocycles. The molecule has 3 amide bonds. The lowest BCUT2D eigenvalue weighted by molar-refractivity contribution is -0.123. The van der Waals surface area contributed by atoms with Crippen molar-refractivity contribution in [1.82, 2.24) is 10.2 Å². The summed E-state index contributed by atoms with van der Waals surface area (Å²) < 4.78 is 36.7. The SMILES string of the molecule is CCN(CC)C1=NC(=O)[C@@H](CC(=O)Nc2cccc(C(=O)NCC(F)(F)F)c2)S1. The van der Waals surface area contributed by atoms with Crippen molar-refractivity contribution < 1.29 is 27.6 Å². The molecule has 2 rings (SSSR count). The van der Waals surface area contributed by atoms with Gasteiger partial charge in [0, 0.05) is 30.8 Å². The van der Waals surface area contributed by atoms with Gasteiger partial charge in [-0.15, -0.1) is 0 Å². The Hall–Kier alpha value is -2.56. The van der Waals surface area contributed by atoms with Crippen LogP contribution in [0.2, 0.25) is 0 Å². The van der Waals surface area contributed by atoms with Gasteiger partial charge in [0.15, 0.2) is 5.17 Å². The highest BCUT2D eigenvalue weighted by Gasteiger charge is 2.32. The van der Waals surface area contributed by atoms with Crippen molar-refractivity contribution >= 4 is 40.3 Å². The molecule has 2 N–H and O–H groups in total. The zero-order valence-corrected chi connectivity index (χ0v) is 16.7. The second-order valence-corrected chi connectivity index (χ2v) is 7.31. The molecule has 0 fully saturated rings. The number of amidine groups is 1. The first kappa shape index (κ1) is 22.7. The molecule has 0 aromatic heterocycles. The average molecular weight is 430 g/mol. The number of amides is 3. The minimum Gasteiger partial charge on any atom is -0.352 e. The smallest absolute Gasteiger partial charge is 0.352 e. The molecule has 158 valence electrons. The van der Waals surface area contributed by atoms with Crippen LogP contribution in [0.1, 0.15) is 30.6 Å². The van der Waals surface area contributed by atoms with Gasteiger partial charge in [0.1, 0.15) is 11.8 Å². The molecule has 0 unspecified atom stereocenters. The van der Waals surface area contributed by atoms with Gasteiger partial charge in [-0.2, -0.15) is 18.2 Å². The van der Waals surface area contributed by atoms with Crippen LogP contribution in [0.15, 0.2) is 29.3 Å². The Labute approximate surface area is 170 Å². The van der Waals surface area contributed by atoms with Crippen LogP contribution in [0.4, 0.5) is 18.9 Å². The number of hydrogen-bond donors (Lipinski definition) is 2. The summed E-state index contributed by atoms with van der Waals surface area (Å²) in [5.41, 5.74) is 0.223. The molecule has 1 atom stereocenters. The third kappa shape index (κ3) is 6.77. The van der Waals surface area contributed by atoms with Gasteiger partial charge < -0.3 is 15.5 Å². The van der Waals surface area contributed by atoms with Gasteiger partial charge in [0.2, 0.25) is 5.91 Å². The fraction of sp³-hybridized carbons (Fsp3) is 0.444. The Kier molecular flexibility index (Phi) is 7.66. The summed E-state index contributed by atoms with van der Waals surface area (Å²) in [5, 5.41) is 4.27. The molecule has 7 nitrogen and oxygen atoms in total. The largest absolute Gasteiger partial charge is 0.405 e. The lowest BCUT2D eigenvalue weighted by Gasteiger charge is -2.19. The Bertz CT molecular complexity index is 810. The summed E-state index contributed by atoms with van der Waals surface area (Å²) in [6.45, 7) is 3.82. The maximum atomic E-state index is 12.3. The highest BCUT2D eigenvalue weighted by Crippen LogP contribution is 2.27. The molecule has 1 heterocycles. The van der Waals surface area contributed by atoms with E-state index in [4.69, 9.17) is 0 Å². The number of thioether (sulfide) groups is 1. The number of rotatable bonds is 7. The van der Waals surface area contributed by atoms with Gasteiger partial charge >= 0.3 is 6.18 Å². The van der Waals surface area contributed by atoms with Crippen molar-refractivity contribution in [3.63, 3.8) is 0 Å². The fourth-order valence-electron chi connectivity index (χ4n) is 2.54. The zero-order valence-electron chi connectivity index (χ0n) is 15.9. The van der Waals surface area contributed by atoms with Crippen LogP contribution in [-0.4, -0.2) is 58.8 Å². The lowest BCUT2D eigenvalue weighted by Crippen LogP contribution is -2.33. The molecule has 0 saturated carbocycles. The van der Waals surface area contributed by atoms with Crippen molar-refractivity contribution in [2.75, 3.05) is 25.0 Å². The first-order valence-corrected chi connectivity index (χ1v) is 9.80. The number of aliphatic imine (C=N–C) groups is 1. The number of hydrogen-bond acceptors (Lipinski definition) is 5. The number of halogens is 3. The number of carbonyl (C=O) groups excluding carboxylic acids is 3. The van der Waals surface area contributed by atoms with Gasteiger partial charge in [-0.1, -0.05) is 17.8 Å². The number of alkyl halides is 3. The van der Waals surface area contributed by atoms with E-state index in [0.717, 1.165) is 0 Å². The van der Waals surface area contributed by atoms with Gasteiger partial charge in [0.25, 0.3) is 11.8 Å². The number of nitrogens with one attached hydrogen (secondary N) is 2. The lowest BCUT2D eigenvalue weighted by atomic mass is 10.2. The van der Waals surface area contributed by atoms with Gasteiger partial charge in [0.05, 0.1) is 0 Å². The van der Waals surface area contributed by atoms with Crippen LogP contribution in [0.3, 0.4) is 0 Å². The second-order valence-electron chi connectivity index (χ2n) is 6.14. The Morgan fingerprint density at radius 2 is 1.93 bits per heavy atom. The number of anilines is 1. The van der Waals surface area contributed by atoms with E-state index in [2.05, 4.69) is 10.3 Å². The third-order valence-electron chi connectivity index (χ3n) is 3.99. The molecule has 1 aliphatic heterocycles. The zero-order chi connectivity index (χ0) is 21.6. The first-order chi connectivity index (χ1) is 13.6. The molecule has 11 heteroatoms. The average Bonchev–Trinajstić information content (AvgIpc) is 3.00. The van der Waals surface area contributed by atoms with E-state index in [1.165, 1.54) is 36.0 Å². The van der Waals surface area contributed by atoms with Crippen LogP contribution < -0.4 is 10.6 Å². The highest BCUT2D eigenvalue weighted by atomic mass is 32.2. The Morgan fingerprint density at radius 1 is 1.24 bits per heavy atom. The molecular weight excluding hydrogens is 409 g/mol. The van der Waals surface area contributed by atoms with E-state index < -0.39 is 29.8 Å². The van der Waals surface area contributed by atoms with Gasteiger partial charge in [-0.3, -0.25) is 14.4 Å². The molecule has 0 aliphatic carbocycles. The minimum atomic E-state index is -4.51. The molecule has 0 saturated heterocycles. The van der Waals surface area contributed by atoms with Crippen molar-refractivity contribution in [3.8, 4) is 0 Å². The van der Waals surface area contributed by atoms with E-state index in [9.17, 15) is 27.6 Å². The molecule has 1 aromatic rings. The summed E-state index contributed by atoms with van der Waals surface area (Å²) in [4.78, 5) is 42.1. The summed E-state index contributed by atoms with van der Waals surface area (Å²) >= 11 is 1.23. The third-order valence-corrected chi connectivity index (χ3v) is 5.20. The summed E-state index contributed by atoms with van der Waals surface area (Å²) in [7, 11) is 0. The van der Waals surface area contributed by atoms with E-state index in [1.807, 2.05) is 18.7 Å². The van der Waals surface area contributed by atoms with E-state index in [-0.39, 0.29) is 23.6 Å². The number of carbonyl (C=O) groups is 3. The molecule has 0 bridgehead atoms. The maximum absolute atomic E-state index is 12.3. The normalized spacial score (nSPS) is 16.4. The molecule has 0 spiro atoms. The minimum absolute atomic E-state index is 0.0227. The summed E-state index contributed by atoms with van der Waals surface area (Å²) in [6.07, 6.45) is -4.62. The van der Waals surface area contributed by atoms with Gasteiger partial charge in [-0.05, 0) is 32.0 Å². The van der Waals surface area contributed by atoms with Crippen LogP contribution in [0, 0.1) is 0 Å². The van der Waals surface area contributed by atoms with Crippen LogP contribution in [-0.2, 0) is 9.59 Å².